The molecule has 132 valence electrons. The number of aryl methyl sites for hydroxylation is 1. The van der Waals surface area contributed by atoms with Gasteiger partial charge in [0.15, 0.2) is 0 Å². The molecule has 0 saturated heterocycles. The van der Waals surface area contributed by atoms with Crippen molar-refractivity contribution in [1.82, 2.24) is 0 Å². The number of para-hydroxylation sites is 2. The van der Waals surface area contributed by atoms with E-state index < -0.39 is 10.0 Å². The third-order valence-corrected chi connectivity index (χ3v) is 6.29. The molecule has 0 radical (unpaired) electrons. The maximum absolute atomic E-state index is 13.1. The predicted molar refractivity (Wildman–Crippen MR) is 102 cm³/mol. The van der Waals surface area contributed by atoms with E-state index in [4.69, 9.17) is 4.74 Å². The fourth-order valence-electron chi connectivity index (χ4n) is 3.18. The van der Waals surface area contributed by atoms with E-state index in [1.54, 1.807) is 24.3 Å². The van der Waals surface area contributed by atoms with Crippen LogP contribution < -0.4 is 9.04 Å². The Morgan fingerprint density at radius 1 is 0.769 bits per heavy atom. The molecular weight excluding hydrogens is 346 g/mol. The highest BCUT2D eigenvalue weighted by molar-refractivity contribution is 7.92. The van der Waals surface area contributed by atoms with E-state index in [-0.39, 0.29) is 4.90 Å². The SMILES string of the molecule is O=S(=O)(c1ccc(Oc2ccccc2)cc1)N1CCCc2ccccc21. The van der Waals surface area contributed by atoms with Crippen LogP contribution in [0, 0.1) is 0 Å². The fraction of sp³-hybridized carbons (Fsp3) is 0.143. The summed E-state index contributed by atoms with van der Waals surface area (Å²) >= 11 is 0. The molecule has 1 aliphatic heterocycles. The first-order chi connectivity index (χ1) is 12.6. The third-order valence-electron chi connectivity index (χ3n) is 4.46. The minimum atomic E-state index is -3.59. The maximum Gasteiger partial charge on any atom is 0.264 e. The highest BCUT2D eigenvalue weighted by atomic mass is 32.2. The van der Waals surface area contributed by atoms with E-state index in [1.165, 1.54) is 4.31 Å². The molecule has 4 nitrogen and oxygen atoms in total. The van der Waals surface area contributed by atoms with Gasteiger partial charge in [-0.1, -0.05) is 36.4 Å². The van der Waals surface area contributed by atoms with Crippen molar-refractivity contribution in [2.45, 2.75) is 17.7 Å². The normalized spacial score (nSPS) is 13.9. The van der Waals surface area contributed by atoms with Gasteiger partial charge in [-0.2, -0.15) is 0 Å². The van der Waals surface area contributed by atoms with Crippen molar-refractivity contribution in [3.05, 3.63) is 84.4 Å². The molecule has 4 rings (SSSR count). The second-order valence-electron chi connectivity index (χ2n) is 6.20. The number of anilines is 1. The van der Waals surface area contributed by atoms with Gasteiger partial charge in [-0.05, 0) is 60.9 Å². The van der Waals surface area contributed by atoms with Gasteiger partial charge in [0.1, 0.15) is 11.5 Å². The lowest BCUT2D eigenvalue weighted by molar-refractivity contribution is 0.482. The first kappa shape index (κ1) is 16.7. The molecule has 0 fully saturated rings. The van der Waals surface area contributed by atoms with Gasteiger partial charge in [0.25, 0.3) is 10.0 Å². The topological polar surface area (TPSA) is 46.6 Å². The minimum Gasteiger partial charge on any atom is -0.457 e. The van der Waals surface area contributed by atoms with Gasteiger partial charge in [0.05, 0.1) is 10.6 Å². The van der Waals surface area contributed by atoms with Crippen molar-refractivity contribution in [2.75, 3.05) is 10.8 Å². The van der Waals surface area contributed by atoms with E-state index >= 15 is 0 Å². The van der Waals surface area contributed by atoms with Crippen LogP contribution in [0.25, 0.3) is 0 Å². The van der Waals surface area contributed by atoms with E-state index in [9.17, 15) is 8.42 Å². The van der Waals surface area contributed by atoms with Gasteiger partial charge < -0.3 is 4.74 Å². The molecule has 1 aliphatic rings. The molecule has 26 heavy (non-hydrogen) atoms. The van der Waals surface area contributed by atoms with Gasteiger partial charge in [0, 0.05) is 6.54 Å². The van der Waals surface area contributed by atoms with Crippen molar-refractivity contribution < 1.29 is 13.2 Å². The Morgan fingerprint density at radius 2 is 1.42 bits per heavy atom. The van der Waals surface area contributed by atoms with Crippen molar-refractivity contribution in [3.63, 3.8) is 0 Å². The summed E-state index contributed by atoms with van der Waals surface area (Å²) < 4.78 is 33.5. The first-order valence-corrected chi connectivity index (χ1v) is 10.0. The molecule has 0 saturated carbocycles. The Hall–Kier alpha value is -2.79. The number of sulfonamides is 1. The summed E-state index contributed by atoms with van der Waals surface area (Å²) in [4.78, 5) is 0.273. The summed E-state index contributed by atoms with van der Waals surface area (Å²) in [6.07, 6.45) is 1.73. The van der Waals surface area contributed by atoms with Gasteiger partial charge in [0.2, 0.25) is 0 Å². The first-order valence-electron chi connectivity index (χ1n) is 8.58. The van der Waals surface area contributed by atoms with Crippen LogP contribution in [0.3, 0.4) is 0 Å². The van der Waals surface area contributed by atoms with E-state index in [1.807, 2.05) is 54.6 Å². The lowest BCUT2D eigenvalue weighted by atomic mass is 10.0. The maximum atomic E-state index is 13.1. The van der Waals surface area contributed by atoms with Crippen molar-refractivity contribution in [1.29, 1.82) is 0 Å². The second kappa shape index (κ2) is 6.84. The van der Waals surface area contributed by atoms with E-state index in [2.05, 4.69) is 0 Å². The zero-order chi connectivity index (χ0) is 18.0. The average Bonchev–Trinajstić information content (AvgIpc) is 2.69. The summed E-state index contributed by atoms with van der Waals surface area (Å²) in [6, 6.07) is 23.7. The van der Waals surface area contributed by atoms with Crippen LogP contribution in [-0.2, 0) is 16.4 Å². The molecule has 0 N–H and O–H groups in total. The molecule has 1 heterocycles. The molecule has 0 atom stereocenters. The minimum absolute atomic E-state index is 0.273. The molecule has 0 spiro atoms. The molecule has 0 aromatic heterocycles. The zero-order valence-corrected chi connectivity index (χ0v) is 15.0. The van der Waals surface area contributed by atoms with Crippen LogP contribution in [-0.4, -0.2) is 15.0 Å². The van der Waals surface area contributed by atoms with Gasteiger partial charge >= 0.3 is 0 Å². The number of rotatable bonds is 4. The Balaban J connectivity index is 1.61. The molecule has 0 bridgehead atoms. The smallest absolute Gasteiger partial charge is 0.264 e. The number of ether oxygens (including phenoxy) is 1. The molecule has 0 unspecified atom stereocenters. The van der Waals surface area contributed by atoms with Crippen molar-refractivity contribution in [3.8, 4) is 11.5 Å². The lowest BCUT2D eigenvalue weighted by Gasteiger charge is -2.30. The average molecular weight is 365 g/mol. The standard InChI is InChI=1S/C21H19NO3S/c23-26(24,22-16-6-8-17-7-4-5-11-21(17)22)20-14-12-19(13-15-20)25-18-9-2-1-3-10-18/h1-5,7,9-15H,6,8,16H2. The predicted octanol–water partition coefficient (Wildman–Crippen LogP) is 4.62. The number of fused-ring (bicyclic) bond motifs is 1. The Bertz CT molecular complexity index is 999. The summed E-state index contributed by atoms with van der Waals surface area (Å²) in [5.74, 6) is 1.32. The van der Waals surface area contributed by atoms with E-state index in [0.29, 0.717) is 18.0 Å². The highest BCUT2D eigenvalue weighted by Gasteiger charge is 2.28. The van der Waals surface area contributed by atoms with Crippen LogP contribution in [0.15, 0.2) is 83.8 Å². The van der Waals surface area contributed by atoms with Gasteiger partial charge in [-0.15, -0.1) is 0 Å². The van der Waals surface area contributed by atoms with Gasteiger partial charge in [-0.3, -0.25) is 4.31 Å². The van der Waals surface area contributed by atoms with Crippen molar-refractivity contribution in [2.24, 2.45) is 0 Å². The van der Waals surface area contributed by atoms with Crippen LogP contribution >= 0.6 is 0 Å². The fourth-order valence-corrected chi connectivity index (χ4v) is 4.72. The van der Waals surface area contributed by atoms with E-state index in [0.717, 1.165) is 24.1 Å². The summed E-state index contributed by atoms with van der Waals surface area (Å²) in [5.41, 5.74) is 1.86. The Morgan fingerprint density at radius 3 is 2.19 bits per heavy atom. The molecule has 0 amide bonds. The number of nitrogens with zero attached hydrogens (tertiary/aromatic N) is 1. The molecule has 0 aliphatic carbocycles. The number of hydrogen-bond acceptors (Lipinski definition) is 3. The summed E-state index contributed by atoms with van der Waals surface area (Å²) in [5, 5.41) is 0. The quantitative estimate of drug-likeness (QED) is 0.678. The molecule has 3 aromatic rings. The van der Waals surface area contributed by atoms with Gasteiger partial charge in [-0.25, -0.2) is 8.42 Å². The molecule has 5 heteroatoms. The van der Waals surface area contributed by atoms with Crippen LogP contribution in [0.5, 0.6) is 11.5 Å². The molecule has 3 aromatic carbocycles. The Kier molecular flexibility index (Phi) is 4.39. The molecular formula is C21H19NO3S. The largest absolute Gasteiger partial charge is 0.457 e. The lowest BCUT2D eigenvalue weighted by Crippen LogP contribution is -2.35. The number of benzene rings is 3. The third kappa shape index (κ3) is 3.18. The van der Waals surface area contributed by atoms with Crippen LogP contribution in [0.4, 0.5) is 5.69 Å². The summed E-state index contributed by atoms with van der Waals surface area (Å²) in [7, 11) is -3.59. The summed E-state index contributed by atoms with van der Waals surface area (Å²) in [6.45, 7) is 0.502. The Labute approximate surface area is 153 Å². The van der Waals surface area contributed by atoms with Crippen molar-refractivity contribution >= 4 is 15.7 Å². The zero-order valence-electron chi connectivity index (χ0n) is 14.2. The van der Waals surface area contributed by atoms with Crippen LogP contribution in [0.1, 0.15) is 12.0 Å². The van der Waals surface area contributed by atoms with Crippen LogP contribution in [0.2, 0.25) is 0 Å². The monoisotopic (exact) mass is 365 g/mol. The second-order valence-corrected chi connectivity index (χ2v) is 8.06. The number of hydrogen-bond donors (Lipinski definition) is 0. The highest BCUT2D eigenvalue weighted by Crippen LogP contribution is 2.32.